The van der Waals surface area contributed by atoms with Gasteiger partial charge in [-0.25, -0.2) is 4.79 Å². The molecule has 26 heavy (non-hydrogen) atoms. The molecule has 0 spiro atoms. The van der Waals surface area contributed by atoms with Crippen LogP contribution in [-0.2, 0) is 22.4 Å². The summed E-state index contributed by atoms with van der Waals surface area (Å²) in [6.07, 6.45) is 2.02. The zero-order chi connectivity index (χ0) is 18.7. The van der Waals surface area contributed by atoms with Crippen molar-refractivity contribution in [1.82, 2.24) is 0 Å². The highest BCUT2D eigenvalue weighted by Crippen LogP contribution is 2.33. The van der Waals surface area contributed by atoms with Crippen LogP contribution in [0.1, 0.15) is 46.6 Å². The summed E-state index contributed by atoms with van der Waals surface area (Å²) >= 11 is 1.59. The maximum atomic E-state index is 12.5. The monoisotopic (exact) mass is 368 g/mol. The van der Waals surface area contributed by atoms with E-state index < -0.39 is 18.0 Å². The molecule has 1 amide bonds. The first-order chi connectivity index (χ1) is 12.5. The molecule has 1 N–H and O–H groups in total. The second-order valence-electron chi connectivity index (χ2n) is 6.63. The number of ether oxygens (including phenoxy) is 1. The highest BCUT2D eigenvalue weighted by Gasteiger charge is 2.26. The predicted octanol–water partition coefficient (Wildman–Crippen LogP) is 3.93. The average Bonchev–Trinajstić information content (AvgIpc) is 3.04. The Labute approximate surface area is 156 Å². The number of anilines is 1. The lowest BCUT2D eigenvalue weighted by Gasteiger charge is -2.19. The van der Waals surface area contributed by atoms with Crippen LogP contribution < -0.4 is 5.32 Å². The number of hydrogen-bond donors (Lipinski definition) is 1. The first-order valence-corrected chi connectivity index (χ1v) is 9.47. The van der Waals surface area contributed by atoms with Gasteiger partial charge in [0.2, 0.25) is 0 Å². The molecular formula is C20H20N2O3S. The maximum Gasteiger partial charge on any atom is 0.340 e. The van der Waals surface area contributed by atoms with Crippen molar-refractivity contribution < 1.29 is 14.3 Å². The molecular weight excluding hydrogens is 348 g/mol. The van der Waals surface area contributed by atoms with E-state index in [0.717, 1.165) is 24.8 Å². The van der Waals surface area contributed by atoms with Crippen molar-refractivity contribution in [2.75, 3.05) is 5.32 Å². The number of nitriles is 1. The number of carbonyl (C=O) groups is 2. The molecule has 134 valence electrons. The Bertz CT molecular complexity index is 881. The molecule has 1 aromatic heterocycles. The third kappa shape index (κ3) is 3.94. The predicted molar refractivity (Wildman–Crippen MR) is 100 cm³/mol. The van der Waals surface area contributed by atoms with Gasteiger partial charge in [0, 0.05) is 15.9 Å². The summed E-state index contributed by atoms with van der Waals surface area (Å²) in [6, 6.07) is 8.61. The molecule has 1 aliphatic carbocycles. The number of benzene rings is 1. The molecule has 6 heteroatoms. The van der Waals surface area contributed by atoms with Gasteiger partial charge >= 0.3 is 5.97 Å². The van der Waals surface area contributed by atoms with Crippen molar-refractivity contribution in [2.45, 2.75) is 39.2 Å². The van der Waals surface area contributed by atoms with Crippen LogP contribution in [0.3, 0.4) is 0 Å². The summed E-state index contributed by atoms with van der Waals surface area (Å²) in [5, 5.41) is 13.4. The van der Waals surface area contributed by atoms with E-state index in [1.54, 1.807) is 42.5 Å². The van der Waals surface area contributed by atoms with Crippen LogP contribution in [0.5, 0.6) is 0 Å². The van der Waals surface area contributed by atoms with Crippen molar-refractivity contribution in [3.8, 4) is 6.07 Å². The van der Waals surface area contributed by atoms with E-state index in [1.807, 2.05) is 11.4 Å². The maximum absolute atomic E-state index is 12.5. The summed E-state index contributed by atoms with van der Waals surface area (Å²) in [4.78, 5) is 26.0. The minimum Gasteiger partial charge on any atom is -0.449 e. The van der Waals surface area contributed by atoms with Gasteiger partial charge < -0.3 is 10.1 Å². The molecule has 0 bridgehead atoms. The first-order valence-electron chi connectivity index (χ1n) is 8.59. The summed E-state index contributed by atoms with van der Waals surface area (Å²) in [6.45, 7) is 3.76. The summed E-state index contributed by atoms with van der Waals surface area (Å²) in [5.74, 6) is -0.240. The van der Waals surface area contributed by atoms with Gasteiger partial charge in [-0.2, -0.15) is 5.26 Å². The standard InChI is InChI=1S/C20H20N2O3S/c1-12-6-7-16-17(11-26-18(16)8-12)20(24)25-13(2)19(23)22-15-5-3-4-14(9-15)10-21/h3-5,9,11-13H,6-8H2,1-2H3,(H,22,23). The fourth-order valence-corrected chi connectivity index (χ4v) is 4.27. The number of esters is 1. The third-order valence-electron chi connectivity index (χ3n) is 4.53. The second kappa shape index (κ2) is 7.71. The zero-order valence-electron chi connectivity index (χ0n) is 14.7. The molecule has 1 heterocycles. The number of rotatable bonds is 4. The van der Waals surface area contributed by atoms with Crippen LogP contribution in [0.4, 0.5) is 5.69 Å². The molecule has 0 radical (unpaired) electrons. The lowest BCUT2D eigenvalue weighted by molar-refractivity contribution is -0.123. The van der Waals surface area contributed by atoms with Crippen LogP contribution in [0.15, 0.2) is 29.6 Å². The first kappa shape index (κ1) is 18.2. The Morgan fingerprint density at radius 1 is 1.42 bits per heavy atom. The molecule has 2 unspecified atom stereocenters. The van der Waals surface area contributed by atoms with Crippen LogP contribution in [0.25, 0.3) is 0 Å². The largest absolute Gasteiger partial charge is 0.449 e. The zero-order valence-corrected chi connectivity index (χ0v) is 15.6. The number of amides is 1. The summed E-state index contributed by atoms with van der Waals surface area (Å²) < 4.78 is 5.37. The topological polar surface area (TPSA) is 79.2 Å². The smallest absolute Gasteiger partial charge is 0.340 e. The van der Waals surface area contributed by atoms with Crippen LogP contribution in [0.2, 0.25) is 0 Å². The Hall–Kier alpha value is -2.65. The minimum atomic E-state index is -0.925. The lowest BCUT2D eigenvalue weighted by atomic mass is 9.88. The Morgan fingerprint density at radius 3 is 3.00 bits per heavy atom. The summed E-state index contributed by atoms with van der Waals surface area (Å²) in [5.41, 5.74) is 2.61. The van der Waals surface area contributed by atoms with Gasteiger partial charge in [0.1, 0.15) is 0 Å². The fourth-order valence-electron chi connectivity index (χ4n) is 3.04. The number of fused-ring (bicyclic) bond motifs is 1. The second-order valence-corrected chi connectivity index (χ2v) is 7.59. The summed E-state index contributed by atoms with van der Waals surface area (Å²) in [7, 11) is 0. The van der Waals surface area contributed by atoms with Gasteiger partial charge in [-0.15, -0.1) is 11.3 Å². The van der Waals surface area contributed by atoms with Crippen molar-refractivity contribution in [1.29, 1.82) is 5.26 Å². The highest BCUT2D eigenvalue weighted by molar-refractivity contribution is 7.10. The van der Waals surface area contributed by atoms with E-state index in [2.05, 4.69) is 12.2 Å². The lowest BCUT2D eigenvalue weighted by Crippen LogP contribution is -2.30. The Morgan fingerprint density at radius 2 is 2.23 bits per heavy atom. The Balaban J connectivity index is 1.64. The number of carbonyl (C=O) groups excluding carboxylic acids is 2. The molecule has 0 fully saturated rings. The molecule has 2 atom stereocenters. The highest BCUT2D eigenvalue weighted by atomic mass is 32.1. The van der Waals surface area contributed by atoms with E-state index in [-0.39, 0.29) is 0 Å². The SMILES string of the molecule is CC1CCc2c(C(=O)OC(C)C(=O)Nc3cccc(C#N)c3)csc2C1. The molecule has 1 aliphatic rings. The number of thiophene rings is 1. The van der Waals surface area contributed by atoms with Crippen molar-refractivity contribution >= 4 is 28.9 Å². The van der Waals surface area contributed by atoms with E-state index >= 15 is 0 Å². The van der Waals surface area contributed by atoms with Crippen molar-refractivity contribution in [3.63, 3.8) is 0 Å². The molecule has 0 saturated carbocycles. The Kier molecular flexibility index (Phi) is 5.38. The van der Waals surface area contributed by atoms with Gasteiger partial charge in [0.15, 0.2) is 6.10 Å². The van der Waals surface area contributed by atoms with Gasteiger partial charge in [-0.3, -0.25) is 4.79 Å². The molecule has 0 aliphatic heterocycles. The van der Waals surface area contributed by atoms with Crippen molar-refractivity contribution in [2.24, 2.45) is 5.92 Å². The minimum absolute atomic E-state index is 0.425. The van der Waals surface area contributed by atoms with E-state index in [9.17, 15) is 9.59 Å². The van der Waals surface area contributed by atoms with E-state index in [4.69, 9.17) is 10.00 Å². The van der Waals surface area contributed by atoms with Gasteiger partial charge in [-0.05, 0) is 55.9 Å². The van der Waals surface area contributed by atoms with E-state index in [1.165, 1.54) is 4.88 Å². The fraction of sp³-hybridized carbons (Fsp3) is 0.350. The molecule has 3 rings (SSSR count). The molecule has 1 aromatic carbocycles. The van der Waals surface area contributed by atoms with Crippen LogP contribution in [-0.4, -0.2) is 18.0 Å². The van der Waals surface area contributed by atoms with Gasteiger partial charge in [-0.1, -0.05) is 13.0 Å². The molecule has 2 aromatic rings. The van der Waals surface area contributed by atoms with Crippen molar-refractivity contribution in [3.05, 3.63) is 51.2 Å². The van der Waals surface area contributed by atoms with Crippen LogP contribution >= 0.6 is 11.3 Å². The van der Waals surface area contributed by atoms with Gasteiger partial charge in [0.25, 0.3) is 5.91 Å². The quantitative estimate of drug-likeness (QED) is 0.829. The number of nitrogens with one attached hydrogen (secondary N) is 1. The number of hydrogen-bond acceptors (Lipinski definition) is 5. The third-order valence-corrected chi connectivity index (χ3v) is 5.59. The molecule has 0 saturated heterocycles. The average molecular weight is 368 g/mol. The number of nitrogens with zero attached hydrogens (tertiary/aromatic N) is 1. The van der Waals surface area contributed by atoms with E-state index in [0.29, 0.717) is 22.7 Å². The van der Waals surface area contributed by atoms with Gasteiger partial charge in [0.05, 0.1) is 17.2 Å². The molecule has 5 nitrogen and oxygen atoms in total. The van der Waals surface area contributed by atoms with Crippen LogP contribution in [0, 0.1) is 17.2 Å². The normalized spacial score (nSPS) is 16.9.